The molecule has 3 N–H and O–H groups in total. The lowest BCUT2D eigenvalue weighted by Crippen LogP contribution is -2.21. The van der Waals surface area contributed by atoms with Gasteiger partial charge in [0.15, 0.2) is 11.5 Å². The van der Waals surface area contributed by atoms with E-state index < -0.39 is 0 Å². The van der Waals surface area contributed by atoms with Crippen LogP contribution in [0.5, 0.6) is 17.2 Å². The lowest BCUT2D eigenvalue weighted by Gasteiger charge is -2.19. The molecule has 2 aromatic rings. The molecule has 1 heterocycles. The molecule has 6 heteroatoms. The minimum Gasteiger partial charge on any atom is -0.508 e. The summed E-state index contributed by atoms with van der Waals surface area (Å²) in [4.78, 5) is 12.1. The van der Waals surface area contributed by atoms with Crippen molar-refractivity contribution in [3.8, 4) is 17.2 Å². The van der Waals surface area contributed by atoms with Crippen molar-refractivity contribution >= 4 is 17.4 Å². The van der Waals surface area contributed by atoms with Crippen molar-refractivity contribution in [1.82, 2.24) is 0 Å². The zero-order valence-electron chi connectivity index (χ0n) is 12.8. The van der Waals surface area contributed by atoms with Crippen molar-refractivity contribution in [2.24, 2.45) is 0 Å². The number of rotatable bonds is 3. The molecular weight excluding hydrogens is 296 g/mol. The molecule has 120 valence electrons. The maximum Gasteiger partial charge on any atom is 0.323 e. The molecule has 0 atom stereocenters. The Kier molecular flexibility index (Phi) is 4.23. The van der Waals surface area contributed by atoms with Gasteiger partial charge in [0.05, 0.1) is 0 Å². The molecule has 23 heavy (non-hydrogen) atoms. The number of amides is 2. The first kappa shape index (κ1) is 15.0. The number of carbonyl (C=O) groups is 1. The van der Waals surface area contributed by atoms with Gasteiger partial charge in [-0.25, -0.2) is 4.79 Å². The van der Waals surface area contributed by atoms with E-state index in [9.17, 15) is 9.90 Å². The summed E-state index contributed by atoms with van der Waals surface area (Å²) in [5, 5.41) is 15.0. The Bertz CT molecular complexity index is 731. The fourth-order valence-corrected chi connectivity index (χ4v) is 2.40. The van der Waals surface area contributed by atoms with Gasteiger partial charge in [-0.15, -0.1) is 0 Å². The van der Waals surface area contributed by atoms with Crippen molar-refractivity contribution in [2.45, 2.75) is 13.3 Å². The first-order valence-electron chi connectivity index (χ1n) is 7.45. The lowest BCUT2D eigenvalue weighted by molar-refractivity contribution is 0.171. The fourth-order valence-electron chi connectivity index (χ4n) is 2.40. The van der Waals surface area contributed by atoms with Gasteiger partial charge >= 0.3 is 6.03 Å². The zero-order valence-corrected chi connectivity index (χ0v) is 12.8. The molecule has 0 radical (unpaired) electrons. The maximum atomic E-state index is 12.1. The number of aryl methyl sites for hydroxylation is 1. The smallest absolute Gasteiger partial charge is 0.323 e. The van der Waals surface area contributed by atoms with Crippen LogP contribution in [0.15, 0.2) is 36.4 Å². The van der Waals surface area contributed by atoms with Crippen LogP contribution < -0.4 is 20.1 Å². The molecule has 0 fully saturated rings. The van der Waals surface area contributed by atoms with Crippen LogP contribution >= 0.6 is 0 Å². The van der Waals surface area contributed by atoms with Crippen LogP contribution in [0, 0.1) is 0 Å². The SMILES string of the molecule is CCc1cc(O)ccc1NC(=O)Nc1ccc2c(c1)OCCO2. The quantitative estimate of drug-likeness (QED) is 0.759. The molecule has 0 aliphatic carbocycles. The van der Waals surface area contributed by atoms with E-state index in [1.807, 2.05) is 6.92 Å². The highest BCUT2D eigenvalue weighted by molar-refractivity contribution is 6.00. The summed E-state index contributed by atoms with van der Waals surface area (Å²) in [6, 6.07) is 9.75. The average Bonchev–Trinajstić information content (AvgIpc) is 2.56. The monoisotopic (exact) mass is 314 g/mol. The van der Waals surface area contributed by atoms with Gasteiger partial charge in [-0.1, -0.05) is 6.92 Å². The Morgan fingerprint density at radius 3 is 2.65 bits per heavy atom. The van der Waals surface area contributed by atoms with E-state index in [0.717, 1.165) is 5.56 Å². The summed E-state index contributed by atoms with van der Waals surface area (Å²) in [6.07, 6.45) is 0.702. The second kappa shape index (κ2) is 6.48. The number of aromatic hydroxyl groups is 1. The third-order valence-electron chi connectivity index (χ3n) is 3.52. The van der Waals surface area contributed by atoms with E-state index in [1.165, 1.54) is 0 Å². The number of urea groups is 1. The van der Waals surface area contributed by atoms with Crippen LogP contribution in [0.2, 0.25) is 0 Å². The molecule has 6 nitrogen and oxygen atoms in total. The van der Waals surface area contributed by atoms with E-state index in [-0.39, 0.29) is 11.8 Å². The zero-order chi connectivity index (χ0) is 16.2. The van der Waals surface area contributed by atoms with Gasteiger partial charge in [-0.05, 0) is 42.3 Å². The standard InChI is InChI=1S/C17H18N2O4/c1-2-11-9-13(20)4-5-14(11)19-17(21)18-12-3-6-15-16(10-12)23-8-7-22-15/h3-6,9-10,20H,2,7-8H2,1H3,(H2,18,19,21). The molecular formula is C17H18N2O4. The van der Waals surface area contributed by atoms with Crippen LogP contribution in [0.25, 0.3) is 0 Å². The number of phenols is 1. The van der Waals surface area contributed by atoms with Gasteiger partial charge in [0.25, 0.3) is 0 Å². The Balaban J connectivity index is 1.70. The molecule has 3 rings (SSSR count). The highest BCUT2D eigenvalue weighted by atomic mass is 16.6. The van der Waals surface area contributed by atoms with Crippen molar-refractivity contribution in [1.29, 1.82) is 0 Å². The summed E-state index contributed by atoms with van der Waals surface area (Å²) in [6.45, 7) is 2.98. The molecule has 0 bridgehead atoms. The number of anilines is 2. The van der Waals surface area contributed by atoms with Crippen LogP contribution in [0.3, 0.4) is 0 Å². The Hall–Kier alpha value is -2.89. The van der Waals surface area contributed by atoms with Gasteiger partial charge in [0.1, 0.15) is 19.0 Å². The van der Waals surface area contributed by atoms with Gasteiger partial charge in [-0.2, -0.15) is 0 Å². The summed E-state index contributed by atoms with van der Waals surface area (Å²) >= 11 is 0. The molecule has 2 amide bonds. The number of nitrogens with one attached hydrogen (secondary N) is 2. The molecule has 0 unspecified atom stereocenters. The summed E-state index contributed by atoms with van der Waals surface area (Å²) < 4.78 is 10.9. The third kappa shape index (κ3) is 3.48. The molecule has 0 spiro atoms. The van der Waals surface area contributed by atoms with Gasteiger partial charge < -0.3 is 25.2 Å². The van der Waals surface area contributed by atoms with Gasteiger partial charge in [-0.3, -0.25) is 0 Å². The molecule has 0 saturated heterocycles. The minimum absolute atomic E-state index is 0.180. The number of hydrogen-bond donors (Lipinski definition) is 3. The summed E-state index contributed by atoms with van der Waals surface area (Å²) in [7, 11) is 0. The Labute approximate surface area is 134 Å². The summed E-state index contributed by atoms with van der Waals surface area (Å²) in [5.41, 5.74) is 2.14. The number of fused-ring (bicyclic) bond motifs is 1. The van der Waals surface area contributed by atoms with Crippen molar-refractivity contribution < 1.29 is 19.4 Å². The number of hydrogen-bond acceptors (Lipinski definition) is 4. The first-order chi connectivity index (χ1) is 11.2. The molecule has 1 aliphatic heterocycles. The van der Waals surface area contributed by atoms with Crippen molar-refractivity contribution in [2.75, 3.05) is 23.8 Å². The topological polar surface area (TPSA) is 79.8 Å². The minimum atomic E-state index is -0.359. The lowest BCUT2D eigenvalue weighted by atomic mass is 10.1. The number of benzene rings is 2. The second-order valence-electron chi connectivity index (χ2n) is 5.13. The Morgan fingerprint density at radius 1 is 1.09 bits per heavy atom. The van der Waals surface area contributed by atoms with Crippen LogP contribution in [-0.4, -0.2) is 24.4 Å². The van der Waals surface area contributed by atoms with Gasteiger partial charge in [0, 0.05) is 17.4 Å². The van der Waals surface area contributed by atoms with Crippen LogP contribution in [-0.2, 0) is 6.42 Å². The third-order valence-corrected chi connectivity index (χ3v) is 3.52. The average molecular weight is 314 g/mol. The Morgan fingerprint density at radius 2 is 1.87 bits per heavy atom. The number of carbonyl (C=O) groups excluding carboxylic acids is 1. The second-order valence-corrected chi connectivity index (χ2v) is 5.13. The van der Waals surface area contributed by atoms with E-state index >= 15 is 0 Å². The van der Waals surface area contributed by atoms with Crippen LogP contribution in [0.1, 0.15) is 12.5 Å². The number of ether oxygens (including phenoxy) is 2. The molecule has 2 aromatic carbocycles. The largest absolute Gasteiger partial charge is 0.508 e. The van der Waals surface area contributed by atoms with Crippen LogP contribution in [0.4, 0.5) is 16.2 Å². The summed E-state index contributed by atoms with van der Waals surface area (Å²) in [5.74, 6) is 1.47. The van der Waals surface area contributed by atoms with Gasteiger partial charge in [0.2, 0.25) is 0 Å². The predicted octanol–water partition coefficient (Wildman–Crippen LogP) is 3.37. The fraction of sp³-hybridized carbons (Fsp3) is 0.235. The number of phenolic OH excluding ortho intramolecular Hbond substituents is 1. The van der Waals surface area contributed by atoms with Crippen molar-refractivity contribution in [3.63, 3.8) is 0 Å². The van der Waals surface area contributed by atoms with E-state index in [4.69, 9.17) is 9.47 Å². The van der Waals surface area contributed by atoms with E-state index in [0.29, 0.717) is 42.5 Å². The highest BCUT2D eigenvalue weighted by Gasteiger charge is 2.13. The molecule has 1 aliphatic rings. The normalized spacial score (nSPS) is 12.6. The van der Waals surface area contributed by atoms with Crippen molar-refractivity contribution in [3.05, 3.63) is 42.0 Å². The molecule has 0 aromatic heterocycles. The maximum absolute atomic E-state index is 12.1. The predicted molar refractivity (Wildman–Crippen MR) is 87.6 cm³/mol. The molecule has 0 saturated carbocycles. The highest BCUT2D eigenvalue weighted by Crippen LogP contribution is 2.32. The van der Waals surface area contributed by atoms with E-state index in [1.54, 1.807) is 36.4 Å². The first-order valence-corrected chi connectivity index (χ1v) is 7.45. The van der Waals surface area contributed by atoms with E-state index in [2.05, 4.69) is 10.6 Å².